The van der Waals surface area contributed by atoms with Gasteiger partial charge in [0, 0.05) is 23.7 Å². The third-order valence-corrected chi connectivity index (χ3v) is 5.64. The van der Waals surface area contributed by atoms with E-state index in [1.807, 2.05) is 32.2 Å². The summed E-state index contributed by atoms with van der Waals surface area (Å²) < 4.78 is 0. The first-order chi connectivity index (χ1) is 12.9. The van der Waals surface area contributed by atoms with E-state index in [1.54, 1.807) is 6.21 Å². The smallest absolute Gasteiger partial charge is 0.143 e. The van der Waals surface area contributed by atoms with Crippen LogP contribution in [0.4, 0.5) is 0 Å². The number of aliphatic imine (C=N–C) groups is 2. The summed E-state index contributed by atoms with van der Waals surface area (Å²) in [5.74, 6) is 0.860. The van der Waals surface area contributed by atoms with Crippen molar-refractivity contribution < 1.29 is 0 Å². The van der Waals surface area contributed by atoms with Gasteiger partial charge in [-0.05, 0) is 50.4 Å². The van der Waals surface area contributed by atoms with Crippen molar-refractivity contribution >= 4 is 29.4 Å². The summed E-state index contributed by atoms with van der Waals surface area (Å²) in [6.07, 6.45) is 3.89. The van der Waals surface area contributed by atoms with E-state index in [1.165, 1.54) is 0 Å². The third-order valence-electron chi connectivity index (χ3n) is 5.24. The topological polar surface area (TPSA) is 89.9 Å². The van der Waals surface area contributed by atoms with Crippen LogP contribution in [0.3, 0.4) is 0 Å². The molecular weight excluding hydrogens is 360 g/mol. The summed E-state index contributed by atoms with van der Waals surface area (Å²) in [5.41, 5.74) is 8.34. The van der Waals surface area contributed by atoms with Crippen LogP contribution < -0.4 is 11.1 Å². The van der Waals surface area contributed by atoms with Gasteiger partial charge in [0.25, 0.3) is 0 Å². The van der Waals surface area contributed by atoms with Crippen molar-refractivity contribution in [2.75, 3.05) is 39.9 Å². The number of nitrogens with one attached hydrogen (secondary N) is 2. The zero-order chi connectivity index (χ0) is 19.9. The average Bonchev–Trinajstić information content (AvgIpc) is 2.67. The molecule has 1 fully saturated rings. The van der Waals surface area contributed by atoms with Crippen molar-refractivity contribution in [3.8, 4) is 0 Å². The normalized spacial score (nSPS) is 17.5. The monoisotopic (exact) mass is 390 g/mol. The number of amidine groups is 1. The molecule has 0 spiro atoms. The predicted octanol–water partition coefficient (Wildman–Crippen LogP) is 2.72. The number of hydrogen-bond donors (Lipinski definition) is 3. The van der Waals surface area contributed by atoms with Crippen LogP contribution in [-0.4, -0.2) is 62.6 Å². The maximum Gasteiger partial charge on any atom is 0.143 e. The van der Waals surface area contributed by atoms with Crippen LogP contribution in [0.15, 0.2) is 28.2 Å². The lowest BCUT2D eigenvalue weighted by Gasteiger charge is -2.39. The van der Waals surface area contributed by atoms with Gasteiger partial charge in [0.15, 0.2) is 0 Å². The Morgan fingerprint density at radius 3 is 2.74 bits per heavy atom. The lowest BCUT2D eigenvalue weighted by molar-refractivity contribution is 0.177. The van der Waals surface area contributed by atoms with Crippen molar-refractivity contribution in [1.29, 1.82) is 5.41 Å². The molecule has 1 heterocycles. The molecular formula is C20H31ClN6. The molecule has 0 amide bonds. The van der Waals surface area contributed by atoms with Crippen LogP contribution in [0.1, 0.15) is 30.9 Å². The molecule has 1 aliphatic heterocycles. The van der Waals surface area contributed by atoms with Crippen LogP contribution in [0.25, 0.3) is 0 Å². The number of hydrogen-bond acceptors (Lipinski definition) is 5. The van der Waals surface area contributed by atoms with Gasteiger partial charge in [-0.25, -0.2) is 0 Å². The molecule has 6 nitrogen and oxygen atoms in total. The van der Waals surface area contributed by atoms with E-state index >= 15 is 0 Å². The second-order valence-corrected chi connectivity index (χ2v) is 7.80. The molecule has 4 N–H and O–H groups in total. The molecule has 0 bridgehead atoms. The number of halogens is 1. The Morgan fingerprint density at radius 2 is 2.11 bits per heavy atom. The highest BCUT2D eigenvalue weighted by Gasteiger charge is 2.29. The molecule has 2 rings (SSSR count). The molecule has 0 aliphatic carbocycles. The van der Waals surface area contributed by atoms with Crippen molar-refractivity contribution in [3.63, 3.8) is 0 Å². The fourth-order valence-electron chi connectivity index (χ4n) is 3.10. The summed E-state index contributed by atoms with van der Waals surface area (Å²) in [4.78, 5) is 11.3. The quantitative estimate of drug-likeness (QED) is 0.494. The Hall–Kier alpha value is -1.76. The fourth-order valence-corrected chi connectivity index (χ4v) is 3.27. The van der Waals surface area contributed by atoms with Crippen LogP contribution in [-0.2, 0) is 0 Å². The maximum absolute atomic E-state index is 8.32. The Balaban J connectivity index is 2.03. The number of benzene rings is 1. The molecule has 27 heavy (non-hydrogen) atoms. The van der Waals surface area contributed by atoms with Gasteiger partial charge in [0.1, 0.15) is 5.84 Å². The summed E-state index contributed by atoms with van der Waals surface area (Å²) >= 11 is 6.16. The molecule has 148 valence electrons. The lowest BCUT2D eigenvalue weighted by atomic mass is 9.80. The second-order valence-electron chi connectivity index (χ2n) is 7.39. The highest BCUT2D eigenvalue weighted by Crippen LogP contribution is 2.29. The van der Waals surface area contributed by atoms with Gasteiger partial charge >= 0.3 is 0 Å². The minimum Gasteiger partial charge on any atom is -0.356 e. The standard InChI is InChI=1S/C20H31ClN6/c1-15-16(5-4-6-17(15)21)18(23)11-25-12-19(26-14-24-3)27-9-7-20(2,13-22)8-10-27/h4-6,12,23-24H,7-11,13-14,22H2,1-3H3. The van der Waals surface area contributed by atoms with Crippen LogP contribution in [0.5, 0.6) is 0 Å². The van der Waals surface area contributed by atoms with Gasteiger partial charge in [0.2, 0.25) is 0 Å². The molecule has 0 saturated carbocycles. The van der Waals surface area contributed by atoms with Crippen molar-refractivity contribution in [3.05, 3.63) is 34.3 Å². The highest BCUT2D eigenvalue weighted by molar-refractivity contribution is 6.32. The van der Waals surface area contributed by atoms with Gasteiger partial charge in [0.05, 0.1) is 25.1 Å². The SMILES string of the molecule is CNCN=C(C=NCC(=N)c1cccc(Cl)c1C)N1CCC(C)(CN)CC1. The van der Waals surface area contributed by atoms with Gasteiger partial charge in [-0.2, -0.15) is 0 Å². The Bertz CT molecular complexity index is 704. The van der Waals surface area contributed by atoms with E-state index in [2.05, 4.69) is 27.1 Å². The Morgan fingerprint density at radius 1 is 1.41 bits per heavy atom. The highest BCUT2D eigenvalue weighted by atomic mass is 35.5. The zero-order valence-corrected chi connectivity index (χ0v) is 17.3. The van der Waals surface area contributed by atoms with Crippen LogP contribution >= 0.6 is 11.6 Å². The molecule has 0 unspecified atom stereocenters. The van der Waals surface area contributed by atoms with Gasteiger partial charge in [-0.1, -0.05) is 30.7 Å². The van der Waals surface area contributed by atoms with Crippen LogP contribution in [0.2, 0.25) is 5.02 Å². The van der Waals surface area contributed by atoms with Crippen LogP contribution in [0, 0.1) is 17.7 Å². The average molecular weight is 391 g/mol. The first-order valence-electron chi connectivity index (χ1n) is 9.37. The van der Waals surface area contributed by atoms with E-state index in [9.17, 15) is 0 Å². The largest absolute Gasteiger partial charge is 0.356 e. The summed E-state index contributed by atoms with van der Waals surface area (Å²) in [7, 11) is 1.87. The lowest BCUT2D eigenvalue weighted by Crippen LogP contribution is -2.45. The van der Waals surface area contributed by atoms with Gasteiger partial charge < -0.3 is 21.4 Å². The van der Waals surface area contributed by atoms with E-state index in [-0.39, 0.29) is 5.41 Å². The summed E-state index contributed by atoms with van der Waals surface area (Å²) in [6, 6.07) is 5.61. The fraction of sp³-hybridized carbons (Fsp3) is 0.550. The minimum absolute atomic E-state index is 0.216. The molecule has 7 heteroatoms. The van der Waals surface area contributed by atoms with Crippen molar-refractivity contribution in [1.82, 2.24) is 10.2 Å². The number of rotatable bonds is 7. The second kappa shape index (κ2) is 9.97. The zero-order valence-electron chi connectivity index (χ0n) is 16.6. The molecule has 0 atom stereocenters. The minimum atomic E-state index is 0.216. The Kier molecular flexibility index (Phi) is 7.95. The predicted molar refractivity (Wildman–Crippen MR) is 116 cm³/mol. The van der Waals surface area contributed by atoms with Crippen molar-refractivity contribution in [2.45, 2.75) is 26.7 Å². The molecule has 1 aliphatic rings. The first kappa shape index (κ1) is 21.5. The number of nitrogens with zero attached hydrogens (tertiary/aromatic N) is 3. The third kappa shape index (κ3) is 5.86. The van der Waals surface area contributed by atoms with Gasteiger partial charge in [-0.15, -0.1) is 0 Å². The molecule has 1 aromatic carbocycles. The molecule has 0 radical (unpaired) electrons. The summed E-state index contributed by atoms with van der Waals surface area (Å²) in [6.45, 7) is 7.58. The maximum atomic E-state index is 8.32. The van der Waals surface area contributed by atoms with E-state index in [4.69, 9.17) is 22.7 Å². The molecule has 0 aromatic heterocycles. The van der Waals surface area contributed by atoms with E-state index in [0.717, 1.165) is 42.9 Å². The molecule has 1 aromatic rings. The number of piperidine rings is 1. The molecule has 1 saturated heterocycles. The van der Waals surface area contributed by atoms with E-state index < -0.39 is 0 Å². The first-order valence-corrected chi connectivity index (χ1v) is 9.75. The number of nitrogens with two attached hydrogens (primary N) is 1. The van der Waals surface area contributed by atoms with E-state index in [0.29, 0.717) is 30.5 Å². The summed E-state index contributed by atoms with van der Waals surface area (Å²) in [5, 5.41) is 12.0. The Labute approximate surface area is 167 Å². The number of likely N-dealkylation sites (tertiary alicyclic amines) is 1. The van der Waals surface area contributed by atoms with Crippen molar-refractivity contribution in [2.24, 2.45) is 21.1 Å². The van der Waals surface area contributed by atoms with Gasteiger partial charge in [-0.3, -0.25) is 9.98 Å².